The summed E-state index contributed by atoms with van der Waals surface area (Å²) >= 11 is 1.23. The van der Waals surface area contributed by atoms with E-state index in [-0.39, 0.29) is 17.7 Å². The molecule has 8 heteroatoms. The molecule has 0 aromatic carbocycles. The Balaban J connectivity index is 1.72. The van der Waals surface area contributed by atoms with Gasteiger partial charge >= 0.3 is 0 Å². The monoisotopic (exact) mass is 295 g/mol. The Morgan fingerprint density at radius 1 is 1.50 bits per heavy atom. The maximum atomic E-state index is 11.7. The van der Waals surface area contributed by atoms with Crippen molar-refractivity contribution in [3.8, 4) is 0 Å². The normalized spacial score (nSPS) is 12.3. The van der Waals surface area contributed by atoms with Crippen molar-refractivity contribution in [1.82, 2.24) is 25.3 Å². The highest BCUT2D eigenvalue weighted by molar-refractivity contribution is 7.99. The van der Waals surface area contributed by atoms with Gasteiger partial charge in [-0.05, 0) is 19.4 Å². The Morgan fingerprint density at radius 2 is 2.30 bits per heavy atom. The van der Waals surface area contributed by atoms with Gasteiger partial charge < -0.3 is 9.73 Å². The Kier molecular flexibility index (Phi) is 4.78. The molecule has 108 valence electrons. The summed E-state index contributed by atoms with van der Waals surface area (Å²) in [4.78, 5) is 11.7. The number of hydrogen-bond acceptors (Lipinski definition) is 6. The third-order valence-corrected chi connectivity index (χ3v) is 3.43. The first-order valence-corrected chi connectivity index (χ1v) is 7.23. The third kappa shape index (κ3) is 4.09. The number of carbonyl (C=O) groups excluding carboxylic acids is 1. The summed E-state index contributed by atoms with van der Waals surface area (Å²) < 4.78 is 7.02. The highest BCUT2D eigenvalue weighted by Gasteiger charge is 2.10. The molecule has 2 aromatic heterocycles. The Morgan fingerprint density at radius 3 is 2.90 bits per heavy atom. The first kappa shape index (κ1) is 14.6. The van der Waals surface area contributed by atoms with Gasteiger partial charge in [0.1, 0.15) is 0 Å². The van der Waals surface area contributed by atoms with Gasteiger partial charge in [-0.15, -0.1) is 10.2 Å². The molecule has 2 heterocycles. The summed E-state index contributed by atoms with van der Waals surface area (Å²) in [6.07, 6.45) is 3.75. The lowest BCUT2D eigenvalue weighted by Crippen LogP contribution is -2.31. The summed E-state index contributed by atoms with van der Waals surface area (Å²) in [5, 5.41) is 15.0. The molecule has 2 aromatic rings. The maximum absolute atomic E-state index is 11.7. The summed E-state index contributed by atoms with van der Waals surface area (Å²) in [7, 11) is 0. The zero-order chi connectivity index (χ0) is 14.5. The number of rotatable bonds is 6. The van der Waals surface area contributed by atoms with Crippen molar-refractivity contribution in [2.45, 2.75) is 32.0 Å². The van der Waals surface area contributed by atoms with Crippen LogP contribution in [-0.2, 0) is 4.79 Å². The van der Waals surface area contributed by atoms with Gasteiger partial charge in [-0.1, -0.05) is 11.8 Å². The first-order valence-electron chi connectivity index (χ1n) is 6.25. The summed E-state index contributed by atoms with van der Waals surface area (Å²) in [6.45, 7) is 6.23. The molecule has 20 heavy (non-hydrogen) atoms. The van der Waals surface area contributed by atoms with E-state index in [2.05, 4.69) is 20.6 Å². The zero-order valence-electron chi connectivity index (χ0n) is 11.7. The van der Waals surface area contributed by atoms with E-state index in [4.69, 9.17) is 4.42 Å². The van der Waals surface area contributed by atoms with E-state index in [0.29, 0.717) is 17.7 Å². The molecule has 0 saturated carbocycles. The summed E-state index contributed by atoms with van der Waals surface area (Å²) in [5.74, 6) is 0.684. The molecular weight excluding hydrogens is 278 g/mol. The van der Waals surface area contributed by atoms with E-state index in [1.54, 1.807) is 13.1 Å². The van der Waals surface area contributed by atoms with Crippen LogP contribution in [0.3, 0.4) is 0 Å². The second-order valence-corrected chi connectivity index (χ2v) is 5.45. The summed E-state index contributed by atoms with van der Waals surface area (Å²) in [6, 6.07) is 0.114. The fourth-order valence-corrected chi connectivity index (χ4v) is 2.18. The van der Waals surface area contributed by atoms with E-state index < -0.39 is 0 Å². The highest BCUT2D eigenvalue weighted by atomic mass is 32.2. The van der Waals surface area contributed by atoms with Gasteiger partial charge in [0.15, 0.2) is 0 Å². The van der Waals surface area contributed by atoms with Crippen molar-refractivity contribution in [2.75, 3.05) is 12.3 Å². The highest BCUT2D eigenvalue weighted by Crippen LogP contribution is 2.15. The van der Waals surface area contributed by atoms with Crippen LogP contribution < -0.4 is 5.32 Å². The third-order valence-electron chi connectivity index (χ3n) is 2.61. The van der Waals surface area contributed by atoms with Gasteiger partial charge in [0, 0.05) is 19.7 Å². The van der Waals surface area contributed by atoms with E-state index in [1.807, 2.05) is 24.7 Å². The minimum absolute atomic E-state index is 0.0680. The Hall–Kier alpha value is -1.83. The van der Waals surface area contributed by atoms with Crippen molar-refractivity contribution < 1.29 is 9.21 Å². The van der Waals surface area contributed by atoms with E-state index >= 15 is 0 Å². The zero-order valence-corrected chi connectivity index (χ0v) is 12.5. The fourth-order valence-electron chi connectivity index (χ4n) is 1.54. The molecule has 0 radical (unpaired) electrons. The predicted octanol–water partition coefficient (Wildman–Crippen LogP) is 1.35. The molecule has 2 rings (SSSR count). The minimum atomic E-state index is -0.0680. The fraction of sp³-hybridized carbons (Fsp3) is 0.500. The molecule has 0 aliphatic carbocycles. The molecule has 1 atom stereocenters. The number of amides is 1. The largest absolute Gasteiger partial charge is 0.416 e. The van der Waals surface area contributed by atoms with Gasteiger partial charge in [0.25, 0.3) is 5.22 Å². The van der Waals surface area contributed by atoms with Crippen LogP contribution in [0.25, 0.3) is 0 Å². The van der Waals surface area contributed by atoms with Crippen molar-refractivity contribution in [3.63, 3.8) is 0 Å². The maximum Gasteiger partial charge on any atom is 0.277 e. The van der Waals surface area contributed by atoms with Gasteiger partial charge in [0.2, 0.25) is 11.8 Å². The number of aromatic nitrogens is 4. The van der Waals surface area contributed by atoms with Crippen LogP contribution in [0.5, 0.6) is 0 Å². The number of aryl methyl sites for hydroxylation is 2. The van der Waals surface area contributed by atoms with Gasteiger partial charge in [-0.25, -0.2) is 0 Å². The number of hydrogen-bond donors (Lipinski definition) is 1. The molecule has 0 saturated heterocycles. The molecular formula is C12H17N5O2S. The van der Waals surface area contributed by atoms with Crippen molar-refractivity contribution in [3.05, 3.63) is 23.8 Å². The van der Waals surface area contributed by atoms with Crippen LogP contribution in [0.4, 0.5) is 0 Å². The lowest BCUT2D eigenvalue weighted by Gasteiger charge is -2.12. The Labute approximate surface area is 121 Å². The van der Waals surface area contributed by atoms with Crippen LogP contribution in [0, 0.1) is 13.8 Å². The van der Waals surface area contributed by atoms with E-state index in [1.165, 1.54) is 11.8 Å². The van der Waals surface area contributed by atoms with Crippen LogP contribution in [0.2, 0.25) is 0 Å². The van der Waals surface area contributed by atoms with Gasteiger partial charge in [-0.2, -0.15) is 5.10 Å². The molecule has 0 aliphatic heterocycles. The smallest absolute Gasteiger partial charge is 0.277 e. The first-order chi connectivity index (χ1) is 9.54. The van der Waals surface area contributed by atoms with Gasteiger partial charge in [0.05, 0.1) is 18.0 Å². The molecule has 0 aliphatic rings. The standard InChI is InChI=1S/C12H17N5O2S/c1-8-4-14-17(6-8)9(2)5-13-11(18)7-20-12-16-15-10(3)19-12/h4,6,9H,5,7H2,1-3H3,(H,13,18)/t9-/m0/s1. The van der Waals surface area contributed by atoms with Crippen molar-refractivity contribution >= 4 is 17.7 Å². The lowest BCUT2D eigenvalue weighted by atomic mass is 10.3. The second-order valence-electron chi connectivity index (χ2n) is 4.53. The SMILES string of the molecule is Cc1cnn([C@@H](C)CNC(=O)CSc2nnc(C)o2)c1. The minimum Gasteiger partial charge on any atom is -0.416 e. The van der Waals surface area contributed by atoms with Crippen LogP contribution >= 0.6 is 11.8 Å². The molecule has 1 N–H and O–H groups in total. The molecule has 0 unspecified atom stereocenters. The van der Waals surface area contributed by atoms with E-state index in [0.717, 1.165) is 5.56 Å². The second kappa shape index (κ2) is 6.56. The molecule has 7 nitrogen and oxygen atoms in total. The molecule has 0 fully saturated rings. The molecule has 0 bridgehead atoms. The number of carbonyl (C=O) groups is 1. The number of nitrogens with one attached hydrogen (secondary N) is 1. The van der Waals surface area contributed by atoms with Crippen molar-refractivity contribution in [1.29, 1.82) is 0 Å². The van der Waals surface area contributed by atoms with Crippen LogP contribution in [0.15, 0.2) is 22.0 Å². The summed E-state index contributed by atoms with van der Waals surface area (Å²) in [5.41, 5.74) is 1.10. The molecule has 1 amide bonds. The molecule has 0 spiro atoms. The van der Waals surface area contributed by atoms with Crippen molar-refractivity contribution in [2.24, 2.45) is 0 Å². The Bertz CT molecular complexity index is 580. The predicted molar refractivity (Wildman–Crippen MR) is 74.4 cm³/mol. The van der Waals surface area contributed by atoms with Crippen LogP contribution in [0.1, 0.15) is 24.4 Å². The van der Waals surface area contributed by atoms with Gasteiger partial charge in [-0.3, -0.25) is 9.48 Å². The number of nitrogens with zero attached hydrogens (tertiary/aromatic N) is 4. The quantitative estimate of drug-likeness (QED) is 0.810. The average molecular weight is 295 g/mol. The average Bonchev–Trinajstić information content (AvgIpc) is 3.02. The topological polar surface area (TPSA) is 85.8 Å². The van der Waals surface area contributed by atoms with E-state index in [9.17, 15) is 4.79 Å². The van der Waals surface area contributed by atoms with Crippen LogP contribution in [-0.4, -0.2) is 38.2 Å². The number of thioether (sulfide) groups is 1. The lowest BCUT2D eigenvalue weighted by molar-refractivity contribution is -0.118.